The van der Waals surface area contributed by atoms with E-state index in [0.29, 0.717) is 12.6 Å². The van der Waals surface area contributed by atoms with Crippen molar-refractivity contribution in [3.05, 3.63) is 23.9 Å². The Morgan fingerprint density at radius 2 is 1.97 bits per heavy atom. The summed E-state index contributed by atoms with van der Waals surface area (Å²) in [6.07, 6.45) is 7.93. The van der Waals surface area contributed by atoms with Crippen LogP contribution in [0.15, 0.2) is 23.3 Å². The third-order valence-corrected chi connectivity index (χ3v) is 5.57. The maximum Gasteiger partial charge on any atom is 0.194 e. The van der Waals surface area contributed by atoms with Gasteiger partial charge in [0, 0.05) is 59.2 Å². The lowest BCUT2D eigenvalue weighted by molar-refractivity contribution is 0.00990. The summed E-state index contributed by atoms with van der Waals surface area (Å²) in [6.45, 7) is 9.41. The Morgan fingerprint density at radius 3 is 2.62 bits per heavy atom. The highest BCUT2D eigenvalue weighted by atomic mass is 16.5. The molecular weight excluding hydrogens is 366 g/mol. The lowest BCUT2D eigenvalue weighted by atomic mass is 10.1. The van der Waals surface area contributed by atoms with E-state index >= 15 is 0 Å². The Morgan fingerprint density at radius 1 is 1.17 bits per heavy atom. The highest BCUT2D eigenvalue weighted by Crippen LogP contribution is 2.18. The van der Waals surface area contributed by atoms with Gasteiger partial charge in [-0.2, -0.15) is 0 Å². The highest BCUT2D eigenvalue weighted by molar-refractivity contribution is 5.80. The normalized spacial score (nSPS) is 18.5. The summed E-state index contributed by atoms with van der Waals surface area (Å²) in [7, 11) is 1.73. The van der Waals surface area contributed by atoms with Gasteiger partial charge < -0.3 is 24.6 Å². The van der Waals surface area contributed by atoms with Gasteiger partial charge in [0.15, 0.2) is 5.96 Å². The standard InChI is InChI=1S/C22H37N5O2/c1-3-23-22(27-13-9-20(10-14-27)29-16-6-15-28-2)25-18-19-7-8-21(24-17-19)26-11-4-5-12-26/h7-8,17,20H,3-6,9-16,18H2,1-2H3,(H,23,25). The zero-order valence-electron chi connectivity index (χ0n) is 18.1. The van der Waals surface area contributed by atoms with Gasteiger partial charge in [-0.3, -0.25) is 0 Å². The largest absolute Gasteiger partial charge is 0.385 e. The Labute approximate surface area is 175 Å². The maximum atomic E-state index is 5.98. The van der Waals surface area contributed by atoms with Gasteiger partial charge >= 0.3 is 0 Å². The van der Waals surface area contributed by atoms with Crippen LogP contribution in [0.25, 0.3) is 0 Å². The molecule has 0 saturated carbocycles. The first kappa shape index (κ1) is 21.8. The van der Waals surface area contributed by atoms with Crippen LogP contribution < -0.4 is 10.2 Å². The second kappa shape index (κ2) is 12.0. The molecule has 0 aromatic carbocycles. The van der Waals surface area contributed by atoms with E-state index in [4.69, 9.17) is 14.5 Å². The first-order valence-corrected chi connectivity index (χ1v) is 11.1. The minimum atomic E-state index is 0.355. The average molecular weight is 404 g/mol. The number of aromatic nitrogens is 1. The van der Waals surface area contributed by atoms with Crippen molar-refractivity contribution >= 4 is 11.8 Å². The first-order valence-electron chi connectivity index (χ1n) is 11.1. The van der Waals surface area contributed by atoms with Crippen molar-refractivity contribution < 1.29 is 9.47 Å². The molecule has 0 spiro atoms. The number of nitrogens with one attached hydrogen (secondary N) is 1. The van der Waals surface area contributed by atoms with Gasteiger partial charge in [-0.15, -0.1) is 0 Å². The summed E-state index contributed by atoms with van der Waals surface area (Å²) in [5.41, 5.74) is 1.15. The molecule has 7 nitrogen and oxygen atoms in total. The second-order valence-electron chi connectivity index (χ2n) is 7.79. The molecule has 0 aliphatic carbocycles. The maximum absolute atomic E-state index is 5.98. The molecule has 2 aliphatic heterocycles. The fraction of sp³-hybridized carbons (Fsp3) is 0.727. The van der Waals surface area contributed by atoms with E-state index in [1.165, 1.54) is 12.8 Å². The smallest absolute Gasteiger partial charge is 0.194 e. The number of methoxy groups -OCH3 is 1. The SMILES string of the molecule is CCNC(=NCc1ccc(N2CCCC2)nc1)N1CCC(OCCCOC)CC1. The zero-order chi connectivity index (χ0) is 20.3. The van der Waals surface area contributed by atoms with Gasteiger partial charge in [0.2, 0.25) is 0 Å². The molecular formula is C22H37N5O2. The molecule has 1 aromatic rings. The number of hydrogen-bond donors (Lipinski definition) is 1. The van der Waals surface area contributed by atoms with E-state index < -0.39 is 0 Å². The molecule has 3 heterocycles. The van der Waals surface area contributed by atoms with Crippen LogP contribution >= 0.6 is 0 Å². The summed E-state index contributed by atoms with van der Waals surface area (Å²) >= 11 is 0. The number of hydrogen-bond acceptors (Lipinski definition) is 5. The van der Waals surface area contributed by atoms with Gasteiger partial charge in [0.25, 0.3) is 0 Å². The quantitative estimate of drug-likeness (QED) is 0.389. The second-order valence-corrected chi connectivity index (χ2v) is 7.79. The van der Waals surface area contributed by atoms with Crippen molar-refractivity contribution in [3.63, 3.8) is 0 Å². The third kappa shape index (κ3) is 6.85. The molecule has 0 unspecified atom stereocenters. The van der Waals surface area contributed by atoms with Crippen LogP contribution in [0.4, 0.5) is 5.82 Å². The van der Waals surface area contributed by atoms with Crippen molar-refractivity contribution in [2.75, 3.05) is 57.9 Å². The molecule has 29 heavy (non-hydrogen) atoms. The van der Waals surface area contributed by atoms with Crippen LogP contribution in [0.2, 0.25) is 0 Å². The van der Waals surface area contributed by atoms with E-state index in [9.17, 15) is 0 Å². The summed E-state index contributed by atoms with van der Waals surface area (Å²) < 4.78 is 11.1. The molecule has 2 aliphatic rings. The van der Waals surface area contributed by atoms with Crippen molar-refractivity contribution in [2.45, 2.75) is 51.7 Å². The molecule has 2 fully saturated rings. The zero-order valence-corrected chi connectivity index (χ0v) is 18.1. The molecule has 162 valence electrons. The van der Waals surface area contributed by atoms with Crippen molar-refractivity contribution in [2.24, 2.45) is 4.99 Å². The van der Waals surface area contributed by atoms with Crippen LogP contribution in [0.5, 0.6) is 0 Å². The molecule has 2 saturated heterocycles. The topological polar surface area (TPSA) is 62.2 Å². The monoisotopic (exact) mass is 403 g/mol. The van der Waals surface area contributed by atoms with Gasteiger partial charge in [-0.05, 0) is 50.7 Å². The van der Waals surface area contributed by atoms with Crippen LogP contribution in [0.3, 0.4) is 0 Å². The van der Waals surface area contributed by atoms with Crippen molar-refractivity contribution in [3.8, 4) is 0 Å². The molecule has 0 radical (unpaired) electrons. The summed E-state index contributed by atoms with van der Waals surface area (Å²) in [6, 6.07) is 4.29. The highest BCUT2D eigenvalue weighted by Gasteiger charge is 2.22. The number of nitrogens with zero attached hydrogens (tertiary/aromatic N) is 4. The molecule has 1 N–H and O–H groups in total. The number of rotatable bonds is 9. The predicted octanol–water partition coefficient (Wildman–Crippen LogP) is 2.66. The summed E-state index contributed by atoms with van der Waals surface area (Å²) in [5.74, 6) is 2.09. The number of aliphatic imine (C=N–C) groups is 1. The lowest BCUT2D eigenvalue weighted by Crippen LogP contribution is -2.47. The molecule has 0 amide bonds. The van der Waals surface area contributed by atoms with Gasteiger partial charge in [-0.1, -0.05) is 6.07 Å². The Balaban J connectivity index is 1.48. The Bertz CT molecular complexity index is 608. The summed E-state index contributed by atoms with van der Waals surface area (Å²) in [4.78, 5) is 14.2. The minimum Gasteiger partial charge on any atom is -0.385 e. The minimum absolute atomic E-state index is 0.355. The van der Waals surface area contributed by atoms with Crippen molar-refractivity contribution in [1.29, 1.82) is 0 Å². The molecule has 1 aromatic heterocycles. The number of ether oxygens (including phenoxy) is 2. The predicted molar refractivity (Wildman–Crippen MR) is 118 cm³/mol. The van der Waals surface area contributed by atoms with E-state index in [0.717, 1.165) is 82.5 Å². The number of guanidine groups is 1. The van der Waals surface area contributed by atoms with Crippen LogP contribution in [-0.2, 0) is 16.0 Å². The average Bonchev–Trinajstić information content (AvgIpc) is 3.30. The van der Waals surface area contributed by atoms with Gasteiger partial charge in [0.05, 0.1) is 12.6 Å². The Hall–Kier alpha value is -1.86. The number of likely N-dealkylation sites (tertiary alicyclic amines) is 1. The van der Waals surface area contributed by atoms with Gasteiger partial charge in [0.1, 0.15) is 5.82 Å². The van der Waals surface area contributed by atoms with Crippen LogP contribution in [0.1, 0.15) is 44.6 Å². The molecule has 0 atom stereocenters. The number of anilines is 1. The fourth-order valence-corrected chi connectivity index (χ4v) is 3.92. The van der Waals surface area contributed by atoms with Gasteiger partial charge in [-0.25, -0.2) is 9.98 Å². The molecule has 7 heteroatoms. The van der Waals surface area contributed by atoms with Crippen LogP contribution in [0, 0.1) is 0 Å². The van der Waals surface area contributed by atoms with Crippen molar-refractivity contribution in [1.82, 2.24) is 15.2 Å². The third-order valence-electron chi connectivity index (χ3n) is 5.57. The summed E-state index contributed by atoms with van der Waals surface area (Å²) in [5, 5.41) is 3.44. The molecule has 0 bridgehead atoms. The fourth-order valence-electron chi connectivity index (χ4n) is 3.92. The lowest BCUT2D eigenvalue weighted by Gasteiger charge is -2.34. The van der Waals surface area contributed by atoms with E-state index in [1.807, 2.05) is 6.20 Å². The first-order chi connectivity index (χ1) is 14.3. The van der Waals surface area contributed by atoms with E-state index in [2.05, 4.69) is 39.2 Å². The number of piperidine rings is 1. The van der Waals surface area contributed by atoms with Crippen LogP contribution in [-0.4, -0.2) is 75.0 Å². The van der Waals surface area contributed by atoms with E-state index in [-0.39, 0.29) is 0 Å². The van der Waals surface area contributed by atoms with E-state index in [1.54, 1.807) is 7.11 Å². The molecule has 3 rings (SSSR count). The number of pyridine rings is 1. The Kier molecular flexibility index (Phi) is 9.02.